The van der Waals surface area contributed by atoms with Gasteiger partial charge in [0, 0.05) is 6.54 Å². The molecule has 0 aromatic rings. The van der Waals surface area contributed by atoms with Gasteiger partial charge in [0.15, 0.2) is 0 Å². The Morgan fingerprint density at radius 3 is 2.39 bits per heavy atom. The maximum Gasteiger partial charge on any atom is 0.383 e. The average molecular weight is 270 g/mol. The number of nitrogens with one attached hydrogen (secondary N) is 1. The normalized spacial score (nSPS) is 19.2. The van der Waals surface area contributed by atoms with E-state index >= 15 is 0 Å². The monoisotopic (exact) mass is 270 g/mol. The largest absolute Gasteiger partial charge is 0.383 e. The highest BCUT2D eigenvalue weighted by Gasteiger charge is 2.48. The predicted octanol–water partition coefficient (Wildman–Crippen LogP) is 1.73. The highest BCUT2D eigenvalue weighted by molar-refractivity contribution is 5.83. The van der Waals surface area contributed by atoms with Gasteiger partial charge < -0.3 is 10.2 Å². The number of amides is 1. The van der Waals surface area contributed by atoms with Crippen molar-refractivity contribution in [2.45, 2.75) is 32.1 Å². The van der Waals surface area contributed by atoms with Gasteiger partial charge in [-0.2, -0.15) is 8.78 Å². The molecule has 1 aliphatic rings. The molecule has 0 saturated carbocycles. The summed E-state index contributed by atoms with van der Waals surface area (Å²) in [6, 6.07) is 0. The SMILES string of the molecule is CCN1CCC(CNC(=O)C(F)(F)C(F)F)CC1. The molecule has 0 atom stereocenters. The number of halogens is 4. The summed E-state index contributed by atoms with van der Waals surface area (Å²) in [4.78, 5) is 13.1. The highest BCUT2D eigenvalue weighted by Crippen LogP contribution is 2.23. The number of alkyl halides is 4. The lowest BCUT2D eigenvalue weighted by atomic mass is 9.97. The average Bonchev–Trinajstić information content (AvgIpc) is 2.36. The molecule has 1 amide bonds. The van der Waals surface area contributed by atoms with Gasteiger partial charge in [-0.25, -0.2) is 8.78 Å². The van der Waals surface area contributed by atoms with Gasteiger partial charge in [-0.1, -0.05) is 6.92 Å². The van der Waals surface area contributed by atoms with E-state index in [0.717, 1.165) is 32.5 Å². The van der Waals surface area contributed by atoms with Crippen LogP contribution in [0.3, 0.4) is 0 Å². The van der Waals surface area contributed by atoms with Crippen molar-refractivity contribution in [2.24, 2.45) is 5.92 Å². The van der Waals surface area contributed by atoms with Gasteiger partial charge in [-0.3, -0.25) is 4.79 Å². The van der Waals surface area contributed by atoms with Crippen molar-refractivity contribution in [3.63, 3.8) is 0 Å². The van der Waals surface area contributed by atoms with Crippen molar-refractivity contribution in [3.05, 3.63) is 0 Å². The first-order chi connectivity index (χ1) is 8.37. The molecule has 1 aliphatic heterocycles. The Hall–Kier alpha value is -0.850. The van der Waals surface area contributed by atoms with E-state index in [1.807, 2.05) is 12.2 Å². The second kappa shape index (κ2) is 6.36. The summed E-state index contributed by atoms with van der Waals surface area (Å²) in [5, 5.41) is 1.92. The molecule has 7 heteroatoms. The van der Waals surface area contributed by atoms with Crippen LogP contribution in [0.1, 0.15) is 19.8 Å². The maximum atomic E-state index is 12.6. The number of carbonyl (C=O) groups is 1. The molecule has 1 N–H and O–H groups in total. The van der Waals surface area contributed by atoms with Gasteiger partial charge >= 0.3 is 12.3 Å². The molecular weight excluding hydrogens is 252 g/mol. The van der Waals surface area contributed by atoms with Crippen molar-refractivity contribution in [1.29, 1.82) is 0 Å². The zero-order valence-electron chi connectivity index (χ0n) is 10.3. The van der Waals surface area contributed by atoms with E-state index in [9.17, 15) is 22.4 Å². The lowest BCUT2D eigenvalue weighted by molar-refractivity contribution is -0.169. The number of rotatable bonds is 5. The molecule has 0 radical (unpaired) electrons. The summed E-state index contributed by atoms with van der Waals surface area (Å²) >= 11 is 0. The minimum Gasteiger partial charge on any atom is -0.350 e. The van der Waals surface area contributed by atoms with E-state index in [4.69, 9.17) is 0 Å². The fourth-order valence-electron chi connectivity index (χ4n) is 1.96. The number of likely N-dealkylation sites (tertiary alicyclic amines) is 1. The Morgan fingerprint density at radius 1 is 1.39 bits per heavy atom. The molecule has 3 nitrogen and oxygen atoms in total. The van der Waals surface area contributed by atoms with Crippen LogP contribution in [0.5, 0.6) is 0 Å². The molecule has 106 valence electrons. The number of piperidine rings is 1. The molecule has 1 heterocycles. The molecule has 0 aromatic heterocycles. The second-order valence-corrected chi connectivity index (χ2v) is 4.51. The number of hydrogen-bond donors (Lipinski definition) is 1. The third kappa shape index (κ3) is 3.83. The first-order valence-electron chi connectivity index (χ1n) is 6.04. The molecule has 0 spiro atoms. The van der Waals surface area contributed by atoms with Gasteiger partial charge in [-0.05, 0) is 38.4 Å². The molecule has 0 bridgehead atoms. The Kier molecular flexibility index (Phi) is 5.37. The van der Waals surface area contributed by atoms with Crippen LogP contribution in [-0.2, 0) is 4.79 Å². The van der Waals surface area contributed by atoms with E-state index in [0.29, 0.717) is 0 Å². The standard InChI is InChI=1S/C11H18F4N2O/c1-2-17-5-3-8(4-6-17)7-16-10(18)11(14,15)9(12)13/h8-9H,2-7H2,1H3,(H,16,18). The molecule has 1 rings (SSSR count). The van der Waals surface area contributed by atoms with Crippen LogP contribution in [0, 0.1) is 5.92 Å². The lowest BCUT2D eigenvalue weighted by Gasteiger charge is -2.31. The van der Waals surface area contributed by atoms with Gasteiger partial charge in [-0.15, -0.1) is 0 Å². The summed E-state index contributed by atoms with van der Waals surface area (Å²) < 4.78 is 49.1. The van der Waals surface area contributed by atoms with Crippen molar-refractivity contribution in [3.8, 4) is 0 Å². The van der Waals surface area contributed by atoms with Crippen LogP contribution in [0.2, 0.25) is 0 Å². The van der Waals surface area contributed by atoms with Crippen LogP contribution < -0.4 is 5.32 Å². The van der Waals surface area contributed by atoms with Crippen molar-refractivity contribution < 1.29 is 22.4 Å². The molecule has 0 aliphatic carbocycles. The topological polar surface area (TPSA) is 32.3 Å². The van der Waals surface area contributed by atoms with E-state index in [1.54, 1.807) is 0 Å². The Balaban J connectivity index is 2.32. The molecule has 18 heavy (non-hydrogen) atoms. The fourth-order valence-corrected chi connectivity index (χ4v) is 1.96. The first kappa shape index (κ1) is 15.2. The summed E-state index contributed by atoms with van der Waals surface area (Å²) in [6.07, 6.45) is -2.39. The highest BCUT2D eigenvalue weighted by atomic mass is 19.3. The maximum absolute atomic E-state index is 12.6. The lowest BCUT2D eigenvalue weighted by Crippen LogP contribution is -2.47. The summed E-state index contributed by atoms with van der Waals surface area (Å²) in [7, 11) is 0. The Labute approximate surface area is 104 Å². The van der Waals surface area contributed by atoms with E-state index in [1.165, 1.54) is 0 Å². The van der Waals surface area contributed by atoms with Gasteiger partial charge in [0.1, 0.15) is 0 Å². The Morgan fingerprint density at radius 2 is 1.94 bits per heavy atom. The van der Waals surface area contributed by atoms with Gasteiger partial charge in [0.2, 0.25) is 0 Å². The smallest absolute Gasteiger partial charge is 0.350 e. The van der Waals surface area contributed by atoms with Crippen LogP contribution in [0.25, 0.3) is 0 Å². The van der Waals surface area contributed by atoms with Gasteiger partial charge in [0.25, 0.3) is 5.91 Å². The van der Waals surface area contributed by atoms with Crippen LogP contribution >= 0.6 is 0 Å². The summed E-state index contributed by atoms with van der Waals surface area (Å²) in [5.74, 6) is -6.38. The zero-order chi connectivity index (χ0) is 13.8. The number of hydrogen-bond acceptors (Lipinski definition) is 2. The number of carbonyl (C=O) groups excluding carboxylic acids is 1. The number of nitrogens with zero attached hydrogens (tertiary/aromatic N) is 1. The van der Waals surface area contributed by atoms with Crippen LogP contribution in [0.4, 0.5) is 17.6 Å². The van der Waals surface area contributed by atoms with E-state index in [-0.39, 0.29) is 12.5 Å². The third-order valence-electron chi connectivity index (χ3n) is 3.28. The third-order valence-corrected chi connectivity index (χ3v) is 3.28. The van der Waals surface area contributed by atoms with Crippen molar-refractivity contribution >= 4 is 5.91 Å². The summed E-state index contributed by atoms with van der Waals surface area (Å²) in [6.45, 7) is 4.71. The van der Waals surface area contributed by atoms with Crippen molar-refractivity contribution in [1.82, 2.24) is 10.2 Å². The molecule has 1 saturated heterocycles. The van der Waals surface area contributed by atoms with Crippen molar-refractivity contribution in [2.75, 3.05) is 26.2 Å². The Bertz CT molecular complexity index is 278. The quantitative estimate of drug-likeness (QED) is 0.772. The molecule has 1 fully saturated rings. The molecular formula is C11H18F4N2O. The van der Waals surface area contributed by atoms with Crippen LogP contribution in [0.15, 0.2) is 0 Å². The second-order valence-electron chi connectivity index (χ2n) is 4.51. The fraction of sp³-hybridized carbons (Fsp3) is 0.909. The minimum absolute atomic E-state index is 0.0404. The van der Waals surface area contributed by atoms with E-state index in [2.05, 4.69) is 4.90 Å². The first-order valence-corrected chi connectivity index (χ1v) is 6.04. The summed E-state index contributed by atoms with van der Waals surface area (Å²) in [5.41, 5.74) is 0. The minimum atomic E-state index is -4.59. The van der Waals surface area contributed by atoms with E-state index < -0.39 is 18.3 Å². The zero-order valence-corrected chi connectivity index (χ0v) is 10.3. The van der Waals surface area contributed by atoms with Crippen LogP contribution in [-0.4, -0.2) is 49.3 Å². The molecule has 0 unspecified atom stereocenters. The molecule has 0 aromatic carbocycles. The predicted molar refractivity (Wildman–Crippen MR) is 58.8 cm³/mol. The van der Waals surface area contributed by atoms with Gasteiger partial charge in [0.05, 0.1) is 0 Å².